The molecule has 2 aliphatic rings. The normalized spacial score (nSPS) is 17.3. The zero-order chi connectivity index (χ0) is 19.8. The fourth-order valence-corrected chi connectivity index (χ4v) is 4.15. The second kappa shape index (κ2) is 7.09. The number of amides is 2. The lowest BCUT2D eigenvalue weighted by atomic mass is 10.1. The standard InChI is InChI=1S/C24H21N3O2/c28-23(25-19-11-8-17(9-12-19)16-5-2-1-3-6-16)18-10-13-21-20(15-18)26-24(29)22-7-4-14-27(21)22/h1-3,5-6,8-13,15,22H,4,7,14H2,(H,25,28)(H,26,29)/t22-/m1/s1. The van der Waals surface area contributed by atoms with E-state index in [1.54, 1.807) is 6.07 Å². The fraction of sp³-hybridized carbons (Fsp3) is 0.167. The lowest BCUT2D eigenvalue weighted by molar-refractivity contribution is -0.117. The van der Waals surface area contributed by atoms with E-state index < -0.39 is 0 Å². The molecule has 0 radical (unpaired) electrons. The number of carbonyl (C=O) groups excluding carboxylic acids is 2. The average Bonchev–Trinajstić information content (AvgIpc) is 3.25. The van der Waals surface area contributed by atoms with Crippen molar-refractivity contribution in [2.24, 2.45) is 0 Å². The molecule has 3 aromatic carbocycles. The third-order valence-electron chi connectivity index (χ3n) is 5.63. The summed E-state index contributed by atoms with van der Waals surface area (Å²) >= 11 is 0. The maximum Gasteiger partial charge on any atom is 0.255 e. The average molecular weight is 383 g/mol. The smallest absolute Gasteiger partial charge is 0.255 e. The van der Waals surface area contributed by atoms with Gasteiger partial charge in [0.15, 0.2) is 0 Å². The molecule has 144 valence electrons. The Kier molecular flexibility index (Phi) is 4.28. The van der Waals surface area contributed by atoms with Gasteiger partial charge in [-0.05, 0) is 54.3 Å². The minimum absolute atomic E-state index is 0.0176. The summed E-state index contributed by atoms with van der Waals surface area (Å²) < 4.78 is 0. The summed E-state index contributed by atoms with van der Waals surface area (Å²) in [4.78, 5) is 27.2. The van der Waals surface area contributed by atoms with E-state index in [9.17, 15) is 9.59 Å². The van der Waals surface area contributed by atoms with E-state index in [4.69, 9.17) is 0 Å². The van der Waals surface area contributed by atoms with Gasteiger partial charge in [0.25, 0.3) is 5.91 Å². The van der Waals surface area contributed by atoms with E-state index >= 15 is 0 Å². The van der Waals surface area contributed by atoms with Crippen LogP contribution in [0.1, 0.15) is 23.2 Å². The first-order valence-corrected chi connectivity index (χ1v) is 9.87. The first-order chi connectivity index (χ1) is 14.2. The molecule has 3 aromatic rings. The Morgan fingerprint density at radius 2 is 1.72 bits per heavy atom. The van der Waals surface area contributed by atoms with E-state index in [0.717, 1.165) is 41.9 Å². The molecule has 5 rings (SSSR count). The van der Waals surface area contributed by atoms with Crippen molar-refractivity contribution in [3.8, 4) is 11.1 Å². The Labute approximate surface area is 169 Å². The van der Waals surface area contributed by atoms with E-state index in [2.05, 4.69) is 27.7 Å². The molecule has 29 heavy (non-hydrogen) atoms. The number of anilines is 3. The number of nitrogens with zero attached hydrogens (tertiary/aromatic N) is 1. The number of rotatable bonds is 3. The highest BCUT2D eigenvalue weighted by atomic mass is 16.2. The van der Waals surface area contributed by atoms with Crippen molar-refractivity contribution in [1.82, 2.24) is 0 Å². The van der Waals surface area contributed by atoms with Crippen LogP contribution in [0.2, 0.25) is 0 Å². The van der Waals surface area contributed by atoms with Gasteiger partial charge in [0.1, 0.15) is 6.04 Å². The summed E-state index contributed by atoms with van der Waals surface area (Å²) in [5.41, 5.74) is 5.19. The third kappa shape index (κ3) is 3.25. The van der Waals surface area contributed by atoms with Gasteiger partial charge >= 0.3 is 0 Å². The Bertz CT molecular complexity index is 1080. The fourth-order valence-electron chi connectivity index (χ4n) is 4.15. The topological polar surface area (TPSA) is 61.4 Å². The monoisotopic (exact) mass is 383 g/mol. The maximum atomic E-state index is 12.7. The molecule has 5 nitrogen and oxygen atoms in total. The quantitative estimate of drug-likeness (QED) is 0.699. The summed E-state index contributed by atoms with van der Waals surface area (Å²) in [6.45, 7) is 0.879. The Hall–Kier alpha value is -3.60. The van der Waals surface area contributed by atoms with Gasteiger partial charge in [0.2, 0.25) is 5.91 Å². The van der Waals surface area contributed by atoms with Crippen LogP contribution in [-0.4, -0.2) is 24.4 Å². The van der Waals surface area contributed by atoms with E-state index in [1.807, 2.05) is 54.6 Å². The highest BCUT2D eigenvalue weighted by Crippen LogP contribution is 2.37. The van der Waals surface area contributed by atoms with Gasteiger partial charge in [0, 0.05) is 17.8 Å². The van der Waals surface area contributed by atoms with E-state index in [0.29, 0.717) is 11.3 Å². The van der Waals surface area contributed by atoms with Crippen LogP contribution < -0.4 is 15.5 Å². The van der Waals surface area contributed by atoms with Crippen molar-refractivity contribution < 1.29 is 9.59 Å². The van der Waals surface area contributed by atoms with Gasteiger partial charge in [0.05, 0.1) is 11.4 Å². The summed E-state index contributed by atoms with van der Waals surface area (Å²) in [6, 6.07) is 23.3. The van der Waals surface area contributed by atoms with Gasteiger partial charge in [-0.2, -0.15) is 0 Å². The maximum absolute atomic E-state index is 12.7. The Morgan fingerprint density at radius 1 is 0.966 bits per heavy atom. The van der Waals surface area contributed by atoms with Gasteiger partial charge in [-0.25, -0.2) is 0 Å². The predicted molar refractivity (Wildman–Crippen MR) is 115 cm³/mol. The Morgan fingerprint density at radius 3 is 2.52 bits per heavy atom. The minimum Gasteiger partial charge on any atom is -0.358 e. The summed E-state index contributed by atoms with van der Waals surface area (Å²) in [6.07, 6.45) is 1.89. The molecule has 0 unspecified atom stereocenters. The van der Waals surface area contributed by atoms with Crippen molar-refractivity contribution >= 4 is 28.9 Å². The first-order valence-electron chi connectivity index (χ1n) is 9.87. The van der Waals surface area contributed by atoms with Crippen molar-refractivity contribution in [3.63, 3.8) is 0 Å². The number of carbonyl (C=O) groups is 2. The number of benzene rings is 3. The first kappa shape index (κ1) is 17.5. The highest BCUT2D eigenvalue weighted by molar-refractivity contribution is 6.09. The van der Waals surface area contributed by atoms with Crippen LogP contribution in [0.5, 0.6) is 0 Å². The largest absolute Gasteiger partial charge is 0.358 e. The van der Waals surface area contributed by atoms with Crippen LogP contribution in [0.4, 0.5) is 17.1 Å². The molecule has 1 atom stereocenters. The summed E-state index contributed by atoms with van der Waals surface area (Å²) in [5.74, 6) is -0.179. The van der Waals surface area contributed by atoms with Crippen molar-refractivity contribution in [2.45, 2.75) is 18.9 Å². The molecule has 0 saturated carbocycles. The minimum atomic E-state index is -0.196. The zero-order valence-electron chi connectivity index (χ0n) is 15.9. The number of hydrogen-bond acceptors (Lipinski definition) is 3. The molecule has 1 fully saturated rings. The molecule has 5 heteroatoms. The predicted octanol–water partition coefficient (Wildman–Crippen LogP) is 4.53. The summed E-state index contributed by atoms with van der Waals surface area (Å²) in [7, 11) is 0. The molecule has 2 aliphatic heterocycles. The molecular weight excluding hydrogens is 362 g/mol. The van der Waals surface area contributed by atoms with Gasteiger partial charge in [-0.1, -0.05) is 42.5 Å². The highest BCUT2D eigenvalue weighted by Gasteiger charge is 2.36. The third-order valence-corrected chi connectivity index (χ3v) is 5.63. The van der Waals surface area contributed by atoms with E-state index in [-0.39, 0.29) is 17.9 Å². The Balaban J connectivity index is 1.34. The molecule has 2 amide bonds. The van der Waals surface area contributed by atoms with Crippen LogP contribution in [0.3, 0.4) is 0 Å². The second-order valence-corrected chi connectivity index (χ2v) is 7.47. The SMILES string of the molecule is O=C(Nc1ccc(-c2ccccc2)cc1)c1ccc2c(c1)NC(=O)[C@H]1CCCN21. The molecule has 0 aromatic heterocycles. The van der Waals surface area contributed by atoms with Crippen molar-refractivity contribution in [1.29, 1.82) is 0 Å². The van der Waals surface area contributed by atoms with Crippen molar-refractivity contribution in [3.05, 3.63) is 78.4 Å². The number of fused-ring (bicyclic) bond motifs is 3. The van der Waals surface area contributed by atoms with Gasteiger partial charge < -0.3 is 15.5 Å². The van der Waals surface area contributed by atoms with Crippen LogP contribution in [0.15, 0.2) is 72.8 Å². The molecule has 0 bridgehead atoms. The number of hydrogen-bond donors (Lipinski definition) is 2. The molecule has 2 N–H and O–H groups in total. The van der Waals surface area contributed by atoms with Gasteiger partial charge in [-0.3, -0.25) is 9.59 Å². The lowest BCUT2D eigenvalue weighted by Gasteiger charge is -2.33. The van der Waals surface area contributed by atoms with E-state index in [1.165, 1.54) is 0 Å². The molecule has 0 aliphatic carbocycles. The van der Waals surface area contributed by atoms with Crippen LogP contribution in [0.25, 0.3) is 11.1 Å². The summed E-state index contributed by atoms with van der Waals surface area (Å²) in [5, 5.41) is 5.89. The molecule has 2 heterocycles. The zero-order valence-corrected chi connectivity index (χ0v) is 15.9. The van der Waals surface area contributed by atoms with Crippen molar-refractivity contribution in [2.75, 3.05) is 22.1 Å². The lowest BCUT2D eigenvalue weighted by Crippen LogP contribution is -2.43. The van der Waals surface area contributed by atoms with Crippen LogP contribution >= 0.6 is 0 Å². The van der Waals surface area contributed by atoms with Crippen LogP contribution in [-0.2, 0) is 4.79 Å². The number of nitrogens with one attached hydrogen (secondary N) is 2. The van der Waals surface area contributed by atoms with Crippen LogP contribution in [0, 0.1) is 0 Å². The molecule has 0 spiro atoms. The van der Waals surface area contributed by atoms with Gasteiger partial charge in [-0.15, -0.1) is 0 Å². The molecule has 1 saturated heterocycles. The molecular formula is C24H21N3O2. The second-order valence-electron chi connectivity index (χ2n) is 7.47.